The third-order valence-electron chi connectivity index (χ3n) is 4.10. The third-order valence-corrected chi connectivity index (χ3v) is 4.10. The number of nitrogens with one attached hydrogen (secondary N) is 2. The van der Waals surface area contributed by atoms with Crippen molar-refractivity contribution >= 4 is 18.9 Å². The van der Waals surface area contributed by atoms with Crippen LogP contribution in [0.2, 0.25) is 0 Å². The summed E-state index contributed by atoms with van der Waals surface area (Å²) < 4.78 is 40.2. The standard InChI is InChI=1S/C16H21BF3N3O5/c18-16(19,20)28-12-5-3-11(4-6-12)8-21-9-14(24)23-7-1-2-13(23)15(25)22-10-17(26)27/h3-6,13,21,26-27H,1-2,7-10H2,(H,22,25). The maximum absolute atomic E-state index is 12.3. The zero-order chi connectivity index (χ0) is 20.7. The SMILES string of the molecule is O=C(NCB(O)O)C1CCCN1C(=O)CNCc1ccc(OC(F)(F)F)cc1. The second-order valence-corrected chi connectivity index (χ2v) is 6.27. The van der Waals surface area contributed by atoms with Crippen LogP contribution in [-0.2, 0) is 16.1 Å². The van der Waals surface area contributed by atoms with Crippen LogP contribution in [0.15, 0.2) is 24.3 Å². The van der Waals surface area contributed by atoms with E-state index in [2.05, 4.69) is 15.4 Å². The maximum Gasteiger partial charge on any atom is 0.573 e. The molecule has 1 unspecified atom stereocenters. The molecule has 8 nitrogen and oxygen atoms in total. The molecule has 1 fully saturated rings. The Morgan fingerprint density at radius 1 is 1.25 bits per heavy atom. The van der Waals surface area contributed by atoms with Crippen molar-refractivity contribution in [3.63, 3.8) is 0 Å². The van der Waals surface area contributed by atoms with Gasteiger partial charge in [0.1, 0.15) is 11.8 Å². The fourth-order valence-electron chi connectivity index (χ4n) is 2.87. The molecule has 1 aromatic rings. The van der Waals surface area contributed by atoms with E-state index in [1.165, 1.54) is 29.2 Å². The molecule has 12 heteroatoms. The largest absolute Gasteiger partial charge is 0.573 e. The Bertz CT molecular complexity index is 672. The van der Waals surface area contributed by atoms with E-state index in [-0.39, 0.29) is 31.2 Å². The van der Waals surface area contributed by atoms with Crippen LogP contribution < -0.4 is 15.4 Å². The maximum atomic E-state index is 12.3. The van der Waals surface area contributed by atoms with Crippen molar-refractivity contribution in [3.8, 4) is 5.75 Å². The van der Waals surface area contributed by atoms with Gasteiger partial charge in [0.15, 0.2) is 0 Å². The van der Waals surface area contributed by atoms with E-state index in [1.54, 1.807) is 0 Å². The van der Waals surface area contributed by atoms with E-state index in [4.69, 9.17) is 10.0 Å². The van der Waals surface area contributed by atoms with Gasteiger partial charge >= 0.3 is 13.5 Å². The van der Waals surface area contributed by atoms with Crippen LogP contribution in [-0.4, -0.2) is 65.8 Å². The van der Waals surface area contributed by atoms with Crippen molar-refractivity contribution in [2.45, 2.75) is 31.8 Å². The van der Waals surface area contributed by atoms with Crippen LogP contribution in [0.1, 0.15) is 18.4 Å². The van der Waals surface area contributed by atoms with Gasteiger partial charge in [-0.25, -0.2) is 0 Å². The van der Waals surface area contributed by atoms with Gasteiger partial charge in [0.2, 0.25) is 11.8 Å². The second kappa shape index (κ2) is 9.76. The zero-order valence-corrected chi connectivity index (χ0v) is 14.9. The molecule has 4 N–H and O–H groups in total. The Hall–Kier alpha value is -2.31. The van der Waals surface area contributed by atoms with Gasteiger partial charge in [-0.15, -0.1) is 13.2 Å². The lowest BCUT2D eigenvalue weighted by Crippen LogP contribution is -2.50. The van der Waals surface area contributed by atoms with E-state index in [0.29, 0.717) is 24.9 Å². The molecule has 154 valence electrons. The van der Waals surface area contributed by atoms with Crippen LogP contribution in [0.25, 0.3) is 0 Å². The molecule has 1 aromatic carbocycles. The van der Waals surface area contributed by atoms with Gasteiger partial charge < -0.3 is 30.3 Å². The van der Waals surface area contributed by atoms with Gasteiger partial charge in [-0.3, -0.25) is 9.59 Å². The highest BCUT2D eigenvalue weighted by atomic mass is 19.4. The Morgan fingerprint density at radius 3 is 2.54 bits per heavy atom. The number of rotatable bonds is 8. The van der Waals surface area contributed by atoms with Crippen molar-refractivity contribution in [3.05, 3.63) is 29.8 Å². The summed E-state index contributed by atoms with van der Waals surface area (Å²) in [6.07, 6.45) is -3.92. The van der Waals surface area contributed by atoms with E-state index >= 15 is 0 Å². The lowest BCUT2D eigenvalue weighted by Gasteiger charge is -2.24. The van der Waals surface area contributed by atoms with Crippen LogP contribution in [0.3, 0.4) is 0 Å². The first-order valence-corrected chi connectivity index (χ1v) is 8.64. The highest BCUT2D eigenvalue weighted by molar-refractivity contribution is 6.41. The summed E-state index contributed by atoms with van der Waals surface area (Å²) in [7, 11) is -1.66. The summed E-state index contributed by atoms with van der Waals surface area (Å²) in [5.74, 6) is -1.07. The van der Waals surface area contributed by atoms with Crippen molar-refractivity contribution in [2.75, 3.05) is 19.5 Å². The van der Waals surface area contributed by atoms with E-state index in [0.717, 1.165) is 0 Å². The summed E-state index contributed by atoms with van der Waals surface area (Å²) in [5, 5.41) is 22.9. The molecule has 2 amide bonds. The molecule has 0 aliphatic carbocycles. The number of halogens is 3. The average molecular weight is 403 g/mol. The minimum Gasteiger partial charge on any atom is -0.426 e. The molecule has 0 saturated carbocycles. The molecule has 1 heterocycles. The molecule has 0 radical (unpaired) electrons. The van der Waals surface area contributed by atoms with Crippen LogP contribution >= 0.6 is 0 Å². The normalized spacial score (nSPS) is 16.8. The first-order valence-electron chi connectivity index (χ1n) is 8.64. The molecular formula is C16H21BF3N3O5. The Balaban J connectivity index is 1.79. The van der Waals surface area contributed by atoms with Gasteiger partial charge in [-0.05, 0) is 30.5 Å². The number of likely N-dealkylation sites (tertiary alicyclic amines) is 1. The third kappa shape index (κ3) is 7.02. The Morgan fingerprint density at radius 2 is 1.93 bits per heavy atom. The van der Waals surface area contributed by atoms with E-state index in [9.17, 15) is 22.8 Å². The van der Waals surface area contributed by atoms with Crippen molar-refractivity contribution < 1.29 is 37.5 Å². The molecule has 28 heavy (non-hydrogen) atoms. The number of hydrogen-bond acceptors (Lipinski definition) is 6. The topological polar surface area (TPSA) is 111 Å². The number of benzene rings is 1. The number of hydrogen-bond donors (Lipinski definition) is 4. The van der Waals surface area contributed by atoms with Gasteiger partial charge in [0.25, 0.3) is 0 Å². The minimum absolute atomic E-state index is 0.0484. The summed E-state index contributed by atoms with van der Waals surface area (Å²) in [6, 6.07) is 4.60. The smallest absolute Gasteiger partial charge is 0.426 e. The lowest BCUT2D eigenvalue weighted by molar-refractivity contribution is -0.274. The lowest BCUT2D eigenvalue weighted by atomic mass is 9.92. The molecule has 1 saturated heterocycles. The predicted molar refractivity (Wildman–Crippen MR) is 92.8 cm³/mol. The van der Waals surface area contributed by atoms with E-state index in [1.807, 2.05) is 0 Å². The zero-order valence-electron chi connectivity index (χ0n) is 14.9. The van der Waals surface area contributed by atoms with Crippen molar-refractivity contribution in [1.29, 1.82) is 0 Å². The quantitative estimate of drug-likeness (QED) is 0.448. The highest BCUT2D eigenvalue weighted by Gasteiger charge is 2.34. The van der Waals surface area contributed by atoms with Gasteiger partial charge in [0.05, 0.1) is 13.0 Å². The second-order valence-electron chi connectivity index (χ2n) is 6.27. The molecule has 0 aromatic heterocycles. The summed E-state index contributed by atoms with van der Waals surface area (Å²) in [4.78, 5) is 25.8. The number of alkyl halides is 3. The number of carbonyl (C=O) groups is 2. The summed E-state index contributed by atoms with van der Waals surface area (Å²) in [5.41, 5.74) is 0.662. The minimum atomic E-state index is -4.75. The molecule has 1 aliphatic rings. The van der Waals surface area contributed by atoms with Crippen molar-refractivity contribution in [1.82, 2.24) is 15.5 Å². The monoisotopic (exact) mass is 403 g/mol. The fourth-order valence-corrected chi connectivity index (χ4v) is 2.87. The first-order chi connectivity index (χ1) is 13.2. The molecule has 2 rings (SSSR count). The van der Waals surface area contributed by atoms with Crippen molar-refractivity contribution in [2.24, 2.45) is 0 Å². The number of amides is 2. The number of nitrogens with zero attached hydrogens (tertiary/aromatic N) is 1. The van der Waals surface area contributed by atoms with Crippen LogP contribution in [0.4, 0.5) is 13.2 Å². The molecule has 1 atom stereocenters. The van der Waals surface area contributed by atoms with Gasteiger partial charge in [0, 0.05) is 13.1 Å². The highest BCUT2D eigenvalue weighted by Crippen LogP contribution is 2.22. The van der Waals surface area contributed by atoms with Gasteiger partial charge in [-0.1, -0.05) is 12.1 Å². The fraction of sp³-hybridized carbons (Fsp3) is 0.500. The number of carbonyl (C=O) groups excluding carboxylic acids is 2. The van der Waals surface area contributed by atoms with Gasteiger partial charge in [-0.2, -0.15) is 0 Å². The van der Waals surface area contributed by atoms with Crippen LogP contribution in [0.5, 0.6) is 5.75 Å². The van der Waals surface area contributed by atoms with E-state index < -0.39 is 25.4 Å². The first kappa shape index (κ1) is 22.0. The van der Waals surface area contributed by atoms with Crippen LogP contribution in [0, 0.1) is 0 Å². The Kier molecular flexibility index (Phi) is 7.66. The molecular weight excluding hydrogens is 382 g/mol. The molecule has 1 aliphatic heterocycles. The number of ether oxygens (including phenoxy) is 1. The molecule has 0 bridgehead atoms. The predicted octanol–water partition coefficient (Wildman–Crippen LogP) is -0.206. The Labute approximate surface area is 159 Å². The summed E-state index contributed by atoms with van der Waals surface area (Å²) >= 11 is 0. The summed E-state index contributed by atoms with van der Waals surface area (Å²) in [6.45, 7) is 0.621. The molecule has 0 spiro atoms. The average Bonchev–Trinajstić information content (AvgIpc) is 3.09.